The van der Waals surface area contributed by atoms with Crippen LogP contribution in [0.1, 0.15) is 39.2 Å². The molecule has 0 aliphatic heterocycles. The molecule has 6 heteroatoms. The molecule has 0 aromatic heterocycles. The lowest BCUT2D eigenvalue weighted by atomic mass is 10.1. The third-order valence-electron chi connectivity index (χ3n) is 5.05. The highest BCUT2D eigenvalue weighted by atomic mass is 19.1. The molecule has 0 saturated heterocycles. The molecule has 0 unspecified atom stereocenters. The Kier molecular flexibility index (Phi) is 9.32. The molecule has 162 valence electrons. The summed E-state index contributed by atoms with van der Waals surface area (Å²) in [6.07, 6.45) is 1.95. The van der Waals surface area contributed by atoms with Gasteiger partial charge in [-0.3, -0.25) is 9.59 Å². The Balaban J connectivity index is 2.11. The van der Waals surface area contributed by atoms with Crippen molar-refractivity contribution in [1.29, 1.82) is 0 Å². The van der Waals surface area contributed by atoms with Gasteiger partial charge < -0.3 is 15.0 Å². The predicted octanol–water partition coefficient (Wildman–Crippen LogP) is 3.97. The van der Waals surface area contributed by atoms with Crippen LogP contribution in [0.2, 0.25) is 0 Å². The van der Waals surface area contributed by atoms with Crippen LogP contribution in [-0.4, -0.2) is 41.9 Å². The van der Waals surface area contributed by atoms with E-state index in [1.165, 1.54) is 24.3 Å². The molecule has 2 amide bonds. The van der Waals surface area contributed by atoms with Crippen molar-refractivity contribution < 1.29 is 18.7 Å². The van der Waals surface area contributed by atoms with Crippen LogP contribution in [0.3, 0.4) is 0 Å². The molecular weight excluding hydrogens is 383 g/mol. The summed E-state index contributed by atoms with van der Waals surface area (Å²) >= 11 is 0. The predicted molar refractivity (Wildman–Crippen MR) is 116 cm³/mol. The van der Waals surface area contributed by atoms with Gasteiger partial charge in [0.05, 0.1) is 0 Å². The summed E-state index contributed by atoms with van der Waals surface area (Å²) in [7, 11) is 0. The molecule has 0 bridgehead atoms. The highest BCUT2D eigenvalue weighted by Crippen LogP contribution is 2.13. The molecule has 0 radical (unpaired) electrons. The van der Waals surface area contributed by atoms with Gasteiger partial charge in [0, 0.05) is 12.6 Å². The van der Waals surface area contributed by atoms with Crippen LogP contribution in [0.5, 0.6) is 5.75 Å². The monoisotopic (exact) mass is 414 g/mol. The molecule has 0 aliphatic carbocycles. The fourth-order valence-corrected chi connectivity index (χ4v) is 3.10. The Morgan fingerprint density at radius 2 is 1.70 bits per heavy atom. The molecule has 0 fully saturated rings. The van der Waals surface area contributed by atoms with E-state index in [0.717, 1.165) is 12.0 Å². The summed E-state index contributed by atoms with van der Waals surface area (Å²) in [6, 6.07) is 14.8. The highest BCUT2D eigenvalue weighted by Gasteiger charge is 2.29. The topological polar surface area (TPSA) is 58.6 Å². The highest BCUT2D eigenvalue weighted by molar-refractivity contribution is 5.88. The van der Waals surface area contributed by atoms with Crippen molar-refractivity contribution in [1.82, 2.24) is 10.2 Å². The Labute approximate surface area is 178 Å². The van der Waals surface area contributed by atoms with E-state index in [4.69, 9.17) is 4.74 Å². The fourth-order valence-electron chi connectivity index (χ4n) is 3.10. The van der Waals surface area contributed by atoms with E-state index in [1.54, 1.807) is 4.90 Å². The molecule has 30 heavy (non-hydrogen) atoms. The minimum Gasteiger partial charge on any atom is -0.484 e. The van der Waals surface area contributed by atoms with E-state index in [-0.39, 0.29) is 30.3 Å². The molecule has 2 aromatic rings. The normalized spacial score (nSPS) is 12.7. The molecule has 0 saturated carbocycles. The van der Waals surface area contributed by atoms with Gasteiger partial charge in [0.1, 0.15) is 17.6 Å². The first-order valence-electron chi connectivity index (χ1n) is 10.5. The zero-order valence-electron chi connectivity index (χ0n) is 17.9. The second-order valence-electron chi connectivity index (χ2n) is 7.31. The van der Waals surface area contributed by atoms with Gasteiger partial charge in [-0.1, -0.05) is 44.2 Å². The molecule has 2 rings (SSSR count). The van der Waals surface area contributed by atoms with Crippen molar-refractivity contribution in [3.63, 3.8) is 0 Å². The molecule has 2 atom stereocenters. The van der Waals surface area contributed by atoms with E-state index in [2.05, 4.69) is 5.32 Å². The van der Waals surface area contributed by atoms with Crippen LogP contribution in [0.15, 0.2) is 54.6 Å². The van der Waals surface area contributed by atoms with Crippen molar-refractivity contribution in [3.05, 3.63) is 66.0 Å². The van der Waals surface area contributed by atoms with E-state index in [0.29, 0.717) is 25.1 Å². The number of carbonyl (C=O) groups is 2. The Morgan fingerprint density at radius 1 is 1.03 bits per heavy atom. The van der Waals surface area contributed by atoms with Crippen molar-refractivity contribution in [2.24, 2.45) is 0 Å². The maximum absolute atomic E-state index is 13.1. The summed E-state index contributed by atoms with van der Waals surface area (Å²) < 4.78 is 18.6. The first-order chi connectivity index (χ1) is 14.4. The van der Waals surface area contributed by atoms with Gasteiger partial charge in [-0.25, -0.2) is 4.39 Å². The van der Waals surface area contributed by atoms with Crippen LogP contribution >= 0.6 is 0 Å². The molecule has 1 N–H and O–H groups in total. The van der Waals surface area contributed by atoms with Gasteiger partial charge in [0.2, 0.25) is 5.91 Å². The van der Waals surface area contributed by atoms with Crippen molar-refractivity contribution in [3.8, 4) is 5.75 Å². The number of halogens is 1. The van der Waals surface area contributed by atoms with Crippen LogP contribution in [0.25, 0.3) is 0 Å². The minimum absolute atomic E-state index is 0.0353. The minimum atomic E-state index is -0.577. The second kappa shape index (κ2) is 12.0. The SMILES string of the molecule is CC[C@@H](C)NC(=O)[C@H](CC)N(CCc1ccccc1)C(=O)COc1ccc(F)cc1. The van der Waals surface area contributed by atoms with Gasteiger partial charge in [0.15, 0.2) is 6.61 Å². The number of rotatable bonds is 11. The lowest BCUT2D eigenvalue weighted by molar-refractivity contribution is -0.142. The molecular formula is C24H31FN2O3. The number of ether oxygens (including phenoxy) is 1. The smallest absolute Gasteiger partial charge is 0.261 e. The van der Waals surface area contributed by atoms with Crippen molar-refractivity contribution in [2.75, 3.05) is 13.2 Å². The number of benzene rings is 2. The van der Waals surface area contributed by atoms with Crippen LogP contribution < -0.4 is 10.1 Å². The average Bonchev–Trinajstić information content (AvgIpc) is 2.76. The number of hydrogen-bond acceptors (Lipinski definition) is 3. The van der Waals surface area contributed by atoms with Gasteiger partial charge in [-0.05, 0) is 56.0 Å². The standard InChI is InChI=1S/C24H31FN2O3/c1-4-18(3)26-24(29)22(5-2)27(16-15-19-9-7-6-8-10-19)23(28)17-30-21-13-11-20(25)12-14-21/h6-14,18,22H,4-5,15-17H2,1-3H3,(H,26,29)/t18-,22+/m1/s1. The van der Waals surface area contributed by atoms with Gasteiger partial charge in [-0.2, -0.15) is 0 Å². The van der Waals surface area contributed by atoms with Crippen molar-refractivity contribution in [2.45, 2.75) is 52.1 Å². The van der Waals surface area contributed by atoms with Gasteiger partial charge in [0.25, 0.3) is 5.91 Å². The Morgan fingerprint density at radius 3 is 2.30 bits per heavy atom. The van der Waals surface area contributed by atoms with Crippen molar-refractivity contribution >= 4 is 11.8 Å². The third kappa shape index (κ3) is 7.17. The number of carbonyl (C=O) groups excluding carboxylic acids is 2. The maximum atomic E-state index is 13.1. The van der Waals surface area contributed by atoms with Gasteiger partial charge >= 0.3 is 0 Å². The number of nitrogens with zero attached hydrogens (tertiary/aromatic N) is 1. The number of amides is 2. The average molecular weight is 415 g/mol. The first-order valence-corrected chi connectivity index (χ1v) is 10.5. The van der Waals surface area contributed by atoms with Crippen LogP contribution in [-0.2, 0) is 16.0 Å². The van der Waals surface area contributed by atoms with Crippen LogP contribution in [0, 0.1) is 5.82 Å². The van der Waals surface area contributed by atoms with E-state index in [1.807, 2.05) is 51.1 Å². The van der Waals surface area contributed by atoms with E-state index < -0.39 is 6.04 Å². The Hall–Kier alpha value is -2.89. The first kappa shape index (κ1) is 23.4. The largest absolute Gasteiger partial charge is 0.484 e. The third-order valence-corrected chi connectivity index (χ3v) is 5.05. The summed E-state index contributed by atoms with van der Waals surface area (Å²) in [5.74, 6) is -0.396. The van der Waals surface area contributed by atoms with Gasteiger partial charge in [-0.15, -0.1) is 0 Å². The van der Waals surface area contributed by atoms with E-state index in [9.17, 15) is 14.0 Å². The maximum Gasteiger partial charge on any atom is 0.261 e. The number of hydrogen-bond donors (Lipinski definition) is 1. The van der Waals surface area contributed by atoms with E-state index >= 15 is 0 Å². The fraction of sp³-hybridized carbons (Fsp3) is 0.417. The summed E-state index contributed by atoms with van der Waals surface area (Å²) in [6.45, 7) is 6.03. The quantitative estimate of drug-likeness (QED) is 0.605. The lowest BCUT2D eigenvalue weighted by Crippen LogP contribution is -2.52. The van der Waals surface area contributed by atoms with Crippen LogP contribution in [0.4, 0.5) is 4.39 Å². The summed E-state index contributed by atoms with van der Waals surface area (Å²) in [5, 5.41) is 2.98. The zero-order valence-corrected chi connectivity index (χ0v) is 17.9. The molecule has 2 aromatic carbocycles. The summed E-state index contributed by atoms with van der Waals surface area (Å²) in [4.78, 5) is 27.4. The molecule has 0 spiro atoms. The molecule has 0 aliphatic rings. The number of nitrogens with one attached hydrogen (secondary N) is 1. The Bertz CT molecular complexity index is 796. The molecule has 0 heterocycles. The lowest BCUT2D eigenvalue weighted by Gasteiger charge is -2.31. The zero-order chi connectivity index (χ0) is 21.9. The summed E-state index contributed by atoms with van der Waals surface area (Å²) in [5.41, 5.74) is 1.09. The second-order valence-corrected chi connectivity index (χ2v) is 7.31. The molecule has 5 nitrogen and oxygen atoms in total.